The zero-order valence-electron chi connectivity index (χ0n) is 16.9. The number of thiazole rings is 1. The Morgan fingerprint density at radius 3 is 2.45 bits per heavy atom. The molecule has 1 fully saturated rings. The first kappa shape index (κ1) is 19.4. The van der Waals surface area contributed by atoms with E-state index in [2.05, 4.69) is 15.2 Å². The molecular formula is C24H21N3O3S. The normalized spacial score (nSPS) is 13.6. The van der Waals surface area contributed by atoms with Crippen molar-refractivity contribution in [3.63, 3.8) is 0 Å². The molecule has 0 unspecified atom stereocenters. The number of amides is 1. The molecular weight excluding hydrogens is 410 g/mol. The lowest BCUT2D eigenvalue weighted by molar-refractivity contribution is -0.120. The van der Waals surface area contributed by atoms with Gasteiger partial charge >= 0.3 is 0 Å². The highest BCUT2D eigenvalue weighted by molar-refractivity contribution is 7.22. The lowest BCUT2D eigenvalue weighted by Crippen LogP contribution is -2.52. The minimum absolute atomic E-state index is 0.0239. The van der Waals surface area contributed by atoms with Gasteiger partial charge in [0.15, 0.2) is 5.13 Å². The number of aromatic nitrogens is 1. The van der Waals surface area contributed by atoms with Crippen molar-refractivity contribution in [1.82, 2.24) is 4.98 Å². The quantitative estimate of drug-likeness (QED) is 0.456. The molecule has 2 heterocycles. The van der Waals surface area contributed by atoms with Gasteiger partial charge in [0.25, 0.3) is 0 Å². The van der Waals surface area contributed by atoms with Crippen LogP contribution in [0.3, 0.4) is 0 Å². The third-order valence-corrected chi connectivity index (χ3v) is 6.30. The number of hydrogen-bond acceptors (Lipinski definition) is 6. The van der Waals surface area contributed by atoms with Crippen molar-refractivity contribution in [2.75, 3.05) is 30.4 Å². The number of fused-ring (bicyclic) bond motifs is 1. The standard InChI is InChI=1S/C24H21N3O3S/c1-29-20-11-12-22-21(13-20)26-24(31-22)27-14-16(15-27)23(28)25-17-7-9-19(10-8-17)30-18-5-3-2-4-6-18/h2-13,16H,14-15H2,1H3,(H,25,28). The van der Waals surface area contributed by atoms with Crippen molar-refractivity contribution in [1.29, 1.82) is 0 Å². The van der Waals surface area contributed by atoms with Crippen LogP contribution in [0.1, 0.15) is 0 Å². The van der Waals surface area contributed by atoms with E-state index in [-0.39, 0.29) is 11.8 Å². The zero-order chi connectivity index (χ0) is 21.2. The number of carbonyl (C=O) groups excluding carboxylic acids is 1. The zero-order valence-corrected chi connectivity index (χ0v) is 17.8. The summed E-state index contributed by atoms with van der Waals surface area (Å²) in [6.45, 7) is 1.33. The fourth-order valence-corrected chi connectivity index (χ4v) is 4.40. The largest absolute Gasteiger partial charge is 0.497 e. The highest BCUT2D eigenvalue weighted by Crippen LogP contribution is 2.34. The number of methoxy groups -OCH3 is 1. The van der Waals surface area contributed by atoms with Crippen LogP contribution in [0.5, 0.6) is 17.2 Å². The summed E-state index contributed by atoms with van der Waals surface area (Å²) in [5, 5.41) is 3.93. The molecule has 1 aliphatic heterocycles. The van der Waals surface area contributed by atoms with Crippen molar-refractivity contribution in [2.24, 2.45) is 5.92 Å². The molecule has 0 atom stereocenters. The van der Waals surface area contributed by atoms with Crippen LogP contribution in [0.25, 0.3) is 10.2 Å². The van der Waals surface area contributed by atoms with Gasteiger partial charge in [0.05, 0.1) is 23.2 Å². The van der Waals surface area contributed by atoms with Crippen LogP contribution in [0.2, 0.25) is 0 Å². The second-order valence-electron chi connectivity index (χ2n) is 7.36. The molecule has 0 bridgehead atoms. The summed E-state index contributed by atoms with van der Waals surface area (Å²) < 4.78 is 12.2. The summed E-state index contributed by atoms with van der Waals surface area (Å²) in [7, 11) is 1.65. The molecule has 156 valence electrons. The van der Waals surface area contributed by atoms with E-state index < -0.39 is 0 Å². The van der Waals surface area contributed by atoms with Crippen LogP contribution in [-0.2, 0) is 4.79 Å². The number of anilines is 2. The van der Waals surface area contributed by atoms with E-state index >= 15 is 0 Å². The average Bonchev–Trinajstić information content (AvgIpc) is 3.17. The van der Waals surface area contributed by atoms with Gasteiger partial charge in [-0.25, -0.2) is 4.98 Å². The molecule has 1 N–H and O–H groups in total. The maximum absolute atomic E-state index is 12.6. The number of rotatable bonds is 6. The number of ether oxygens (including phenoxy) is 2. The van der Waals surface area contributed by atoms with Gasteiger partial charge in [-0.3, -0.25) is 4.79 Å². The highest BCUT2D eigenvalue weighted by Gasteiger charge is 2.34. The summed E-state index contributed by atoms with van der Waals surface area (Å²) in [6, 6.07) is 22.9. The molecule has 0 aliphatic carbocycles. The first-order valence-corrected chi connectivity index (χ1v) is 10.8. The molecule has 0 radical (unpaired) electrons. The fourth-order valence-electron chi connectivity index (χ4n) is 3.43. The summed E-state index contributed by atoms with van der Waals surface area (Å²) >= 11 is 1.63. The van der Waals surface area contributed by atoms with Crippen LogP contribution in [0.4, 0.5) is 10.8 Å². The van der Waals surface area contributed by atoms with Gasteiger partial charge < -0.3 is 19.7 Å². The van der Waals surface area contributed by atoms with Crippen LogP contribution in [-0.4, -0.2) is 31.1 Å². The number of nitrogens with zero attached hydrogens (tertiary/aromatic N) is 2. The predicted molar refractivity (Wildman–Crippen MR) is 123 cm³/mol. The maximum atomic E-state index is 12.6. The van der Waals surface area contributed by atoms with Crippen molar-refractivity contribution in [3.8, 4) is 17.2 Å². The minimum atomic E-state index is -0.0539. The van der Waals surface area contributed by atoms with Gasteiger partial charge in [-0.1, -0.05) is 29.5 Å². The van der Waals surface area contributed by atoms with E-state index in [1.807, 2.05) is 72.8 Å². The van der Waals surface area contributed by atoms with E-state index in [1.165, 1.54) is 0 Å². The Bertz CT molecular complexity index is 1200. The van der Waals surface area contributed by atoms with Crippen LogP contribution < -0.4 is 19.7 Å². The molecule has 1 aliphatic rings. The van der Waals surface area contributed by atoms with Gasteiger partial charge in [-0.15, -0.1) is 0 Å². The monoisotopic (exact) mass is 431 g/mol. The van der Waals surface area contributed by atoms with Gasteiger partial charge in [0.1, 0.15) is 17.2 Å². The van der Waals surface area contributed by atoms with Crippen molar-refractivity contribution < 1.29 is 14.3 Å². The highest BCUT2D eigenvalue weighted by atomic mass is 32.1. The molecule has 0 saturated carbocycles. The fraction of sp³-hybridized carbons (Fsp3) is 0.167. The third-order valence-electron chi connectivity index (χ3n) is 5.21. The molecule has 5 rings (SSSR count). The average molecular weight is 432 g/mol. The van der Waals surface area contributed by atoms with Crippen molar-refractivity contribution >= 4 is 38.3 Å². The predicted octanol–water partition coefficient (Wildman–Crippen LogP) is 5.17. The Balaban J connectivity index is 1.16. The Hall–Kier alpha value is -3.58. The van der Waals surface area contributed by atoms with Gasteiger partial charge in [-0.2, -0.15) is 0 Å². The second kappa shape index (κ2) is 8.28. The molecule has 1 aromatic heterocycles. The first-order chi connectivity index (χ1) is 15.2. The number of carbonyl (C=O) groups is 1. The molecule has 4 aromatic rings. The lowest BCUT2D eigenvalue weighted by Gasteiger charge is -2.37. The summed E-state index contributed by atoms with van der Waals surface area (Å²) in [5.74, 6) is 2.27. The van der Waals surface area contributed by atoms with Gasteiger partial charge in [0.2, 0.25) is 5.91 Å². The van der Waals surface area contributed by atoms with Crippen LogP contribution in [0, 0.1) is 5.92 Å². The third kappa shape index (κ3) is 4.18. The molecule has 7 heteroatoms. The lowest BCUT2D eigenvalue weighted by atomic mass is 10.00. The van der Waals surface area contributed by atoms with E-state index in [9.17, 15) is 4.79 Å². The van der Waals surface area contributed by atoms with Crippen molar-refractivity contribution in [2.45, 2.75) is 0 Å². The van der Waals surface area contributed by atoms with Crippen molar-refractivity contribution in [3.05, 3.63) is 72.8 Å². The van der Waals surface area contributed by atoms with Crippen LogP contribution in [0.15, 0.2) is 72.8 Å². The molecule has 1 amide bonds. The van der Waals surface area contributed by atoms with E-state index in [0.29, 0.717) is 13.1 Å². The molecule has 0 spiro atoms. The van der Waals surface area contributed by atoms with Gasteiger partial charge in [0, 0.05) is 24.8 Å². The number of nitrogens with one attached hydrogen (secondary N) is 1. The smallest absolute Gasteiger partial charge is 0.231 e. The van der Waals surface area contributed by atoms with E-state index in [0.717, 1.165) is 38.3 Å². The molecule has 1 saturated heterocycles. The topological polar surface area (TPSA) is 63.7 Å². The second-order valence-corrected chi connectivity index (χ2v) is 8.37. The summed E-state index contributed by atoms with van der Waals surface area (Å²) in [6.07, 6.45) is 0. The summed E-state index contributed by atoms with van der Waals surface area (Å²) in [4.78, 5) is 19.4. The minimum Gasteiger partial charge on any atom is -0.497 e. The Morgan fingerprint density at radius 1 is 1.00 bits per heavy atom. The maximum Gasteiger partial charge on any atom is 0.231 e. The van der Waals surface area contributed by atoms with E-state index in [1.54, 1.807) is 18.4 Å². The van der Waals surface area contributed by atoms with E-state index in [4.69, 9.17) is 9.47 Å². The van der Waals surface area contributed by atoms with Crippen LogP contribution >= 0.6 is 11.3 Å². The number of hydrogen-bond donors (Lipinski definition) is 1. The molecule has 31 heavy (non-hydrogen) atoms. The SMILES string of the molecule is COc1ccc2sc(N3CC(C(=O)Nc4ccc(Oc5ccccc5)cc4)C3)nc2c1. The Kier molecular flexibility index (Phi) is 5.18. The molecule has 6 nitrogen and oxygen atoms in total. The molecule has 3 aromatic carbocycles. The number of para-hydroxylation sites is 1. The first-order valence-electron chi connectivity index (χ1n) is 10.0. The number of benzene rings is 3. The summed E-state index contributed by atoms with van der Waals surface area (Å²) in [5.41, 5.74) is 1.68. The Labute approximate surface area is 184 Å². The van der Waals surface area contributed by atoms with Gasteiger partial charge in [-0.05, 0) is 48.5 Å². The Morgan fingerprint density at radius 2 is 1.71 bits per heavy atom.